The number of benzene rings is 3. The van der Waals surface area contributed by atoms with E-state index in [9.17, 15) is 4.79 Å². The van der Waals surface area contributed by atoms with Crippen LogP contribution in [0.15, 0.2) is 84.0 Å². The Hall–Kier alpha value is -3.85. The summed E-state index contributed by atoms with van der Waals surface area (Å²) in [6.45, 7) is 2.29. The van der Waals surface area contributed by atoms with E-state index in [0.717, 1.165) is 11.3 Å². The number of aromatic nitrogens is 4. The summed E-state index contributed by atoms with van der Waals surface area (Å²) >= 11 is 1.26. The van der Waals surface area contributed by atoms with E-state index < -0.39 is 5.25 Å². The van der Waals surface area contributed by atoms with Gasteiger partial charge in [0.05, 0.1) is 12.4 Å². The largest absolute Gasteiger partial charge is 0.494 e. The zero-order chi connectivity index (χ0) is 23.0. The number of para-hydroxylation sites is 2. The zero-order valence-corrected chi connectivity index (χ0v) is 19.0. The normalized spacial score (nSPS) is 11.6. The topological polar surface area (TPSA) is 91.2 Å². The van der Waals surface area contributed by atoms with Crippen molar-refractivity contribution < 1.29 is 14.3 Å². The van der Waals surface area contributed by atoms with Gasteiger partial charge in [-0.25, -0.2) is 0 Å². The number of hydrogen-bond acceptors (Lipinski definition) is 7. The van der Waals surface area contributed by atoms with Crippen molar-refractivity contribution in [2.24, 2.45) is 0 Å². The van der Waals surface area contributed by atoms with Gasteiger partial charge in [-0.05, 0) is 59.3 Å². The average Bonchev–Trinajstić information content (AvgIpc) is 3.32. The molecule has 4 aromatic rings. The number of ether oxygens (including phenoxy) is 2. The highest BCUT2D eigenvalue weighted by Crippen LogP contribution is 2.28. The molecular formula is C24H23N5O3S. The average molecular weight is 462 g/mol. The lowest BCUT2D eigenvalue weighted by molar-refractivity contribution is -0.115. The maximum Gasteiger partial charge on any atom is 0.237 e. The summed E-state index contributed by atoms with van der Waals surface area (Å²) in [4.78, 5) is 12.7. The van der Waals surface area contributed by atoms with Crippen LogP contribution in [0.2, 0.25) is 0 Å². The van der Waals surface area contributed by atoms with E-state index in [1.54, 1.807) is 18.7 Å². The molecule has 0 saturated heterocycles. The van der Waals surface area contributed by atoms with Crippen LogP contribution in [0.3, 0.4) is 0 Å². The molecular weight excluding hydrogens is 438 g/mol. The van der Waals surface area contributed by atoms with E-state index in [1.807, 2.05) is 78.9 Å². The number of carbonyl (C=O) groups is 1. The third-order valence-electron chi connectivity index (χ3n) is 4.78. The van der Waals surface area contributed by atoms with Crippen LogP contribution in [0.1, 0.15) is 12.5 Å². The number of nitrogens with zero attached hydrogens (tertiary/aromatic N) is 4. The van der Waals surface area contributed by atoms with Crippen LogP contribution in [0, 0.1) is 0 Å². The molecule has 0 spiro atoms. The molecule has 1 atom stereocenters. The van der Waals surface area contributed by atoms with Crippen molar-refractivity contribution in [3.8, 4) is 17.2 Å². The monoisotopic (exact) mass is 461 g/mol. The second kappa shape index (κ2) is 10.6. The SMILES string of the molecule is COc1ccccc1-n1nnnc1SC(C)C(=O)Nc1ccc(OCc2ccccc2)cc1. The van der Waals surface area contributed by atoms with Gasteiger partial charge in [-0.15, -0.1) is 5.10 Å². The zero-order valence-electron chi connectivity index (χ0n) is 18.2. The number of thioether (sulfide) groups is 1. The summed E-state index contributed by atoms with van der Waals surface area (Å²) in [6.07, 6.45) is 0. The first kappa shape index (κ1) is 22.3. The van der Waals surface area contributed by atoms with E-state index in [-0.39, 0.29) is 5.91 Å². The van der Waals surface area contributed by atoms with Gasteiger partial charge >= 0.3 is 0 Å². The van der Waals surface area contributed by atoms with Crippen molar-refractivity contribution in [2.75, 3.05) is 12.4 Å². The molecule has 1 unspecified atom stereocenters. The molecule has 0 aliphatic carbocycles. The van der Waals surface area contributed by atoms with E-state index in [2.05, 4.69) is 20.8 Å². The van der Waals surface area contributed by atoms with Crippen LogP contribution >= 0.6 is 11.8 Å². The Morgan fingerprint density at radius 3 is 2.52 bits per heavy atom. The fraction of sp³-hybridized carbons (Fsp3) is 0.167. The fourth-order valence-corrected chi connectivity index (χ4v) is 3.84. The molecule has 8 nitrogen and oxygen atoms in total. The number of tetrazole rings is 1. The number of methoxy groups -OCH3 is 1. The lowest BCUT2D eigenvalue weighted by Gasteiger charge is -2.13. The van der Waals surface area contributed by atoms with E-state index in [4.69, 9.17) is 9.47 Å². The molecule has 1 amide bonds. The lowest BCUT2D eigenvalue weighted by Crippen LogP contribution is -2.22. The van der Waals surface area contributed by atoms with Crippen molar-refractivity contribution in [3.05, 3.63) is 84.4 Å². The summed E-state index contributed by atoms with van der Waals surface area (Å²) in [5, 5.41) is 14.9. The first-order chi connectivity index (χ1) is 16.1. The molecule has 9 heteroatoms. The third-order valence-corrected chi connectivity index (χ3v) is 5.81. The molecule has 0 fully saturated rings. The van der Waals surface area contributed by atoms with Crippen LogP contribution in [0.4, 0.5) is 5.69 Å². The molecule has 1 N–H and O–H groups in total. The van der Waals surface area contributed by atoms with Crippen molar-refractivity contribution in [2.45, 2.75) is 23.9 Å². The van der Waals surface area contributed by atoms with Gasteiger partial charge in [-0.2, -0.15) is 4.68 Å². The van der Waals surface area contributed by atoms with Crippen LogP contribution in [-0.4, -0.2) is 38.5 Å². The molecule has 4 rings (SSSR count). The number of rotatable bonds is 9. The molecule has 0 bridgehead atoms. The number of carbonyl (C=O) groups excluding carboxylic acids is 1. The summed E-state index contributed by atoms with van der Waals surface area (Å²) in [5.41, 5.74) is 2.48. The number of anilines is 1. The molecule has 1 heterocycles. The summed E-state index contributed by atoms with van der Waals surface area (Å²) < 4.78 is 12.7. The van der Waals surface area contributed by atoms with Crippen molar-refractivity contribution in [3.63, 3.8) is 0 Å². The Labute approximate surface area is 195 Å². The molecule has 0 radical (unpaired) electrons. The number of nitrogens with one attached hydrogen (secondary N) is 1. The molecule has 168 valence electrons. The Balaban J connectivity index is 1.35. The molecule has 3 aromatic carbocycles. The summed E-state index contributed by atoms with van der Waals surface area (Å²) in [6, 6.07) is 24.7. The lowest BCUT2D eigenvalue weighted by atomic mass is 10.2. The Kier molecular flexibility index (Phi) is 7.21. The molecule has 33 heavy (non-hydrogen) atoms. The maximum atomic E-state index is 12.7. The van der Waals surface area contributed by atoms with Gasteiger partial charge in [0.15, 0.2) is 0 Å². The van der Waals surface area contributed by atoms with Crippen LogP contribution in [0.25, 0.3) is 5.69 Å². The van der Waals surface area contributed by atoms with Crippen molar-refractivity contribution in [1.29, 1.82) is 0 Å². The van der Waals surface area contributed by atoms with Gasteiger partial charge < -0.3 is 14.8 Å². The smallest absolute Gasteiger partial charge is 0.237 e. The molecule has 0 aliphatic heterocycles. The third kappa shape index (κ3) is 5.69. The number of amides is 1. The Morgan fingerprint density at radius 1 is 1.03 bits per heavy atom. The predicted molar refractivity (Wildman–Crippen MR) is 127 cm³/mol. The highest BCUT2D eigenvalue weighted by Gasteiger charge is 2.20. The first-order valence-electron chi connectivity index (χ1n) is 10.3. The highest BCUT2D eigenvalue weighted by atomic mass is 32.2. The van der Waals surface area contributed by atoms with Gasteiger partial charge in [-0.3, -0.25) is 4.79 Å². The standard InChI is InChI=1S/C24H23N5O3S/c1-17(33-24-26-27-28-29(24)21-10-6-7-11-22(21)31-2)23(30)25-19-12-14-20(15-13-19)32-16-18-8-4-3-5-9-18/h3-15,17H,16H2,1-2H3,(H,25,30). The maximum absolute atomic E-state index is 12.7. The predicted octanol–water partition coefficient (Wildman–Crippen LogP) is 4.37. The minimum atomic E-state index is -0.432. The minimum absolute atomic E-state index is 0.160. The van der Waals surface area contributed by atoms with Crippen LogP contribution < -0.4 is 14.8 Å². The highest BCUT2D eigenvalue weighted by molar-refractivity contribution is 8.00. The van der Waals surface area contributed by atoms with E-state index in [1.165, 1.54) is 11.8 Å². The summed E-state index contributed by atoms with van der Waals surface area (Å²) in [7, 11) is 1.59. The molecule has 0 saturated carbocycles. The second-order valence-corrected chi connectivity index (χ2v) is 8.40. The van der Waals surface area contributed by atoms with Crippen LogP contribution in [0.5, 0.6) is 11.5 Å². The second-order valence-electron chi connectivity index (χ2n) is 7.09. The number of hydrogen-bond donors (Lipinski definition) is 1. The first-order valence-corrected chi connectivity index (χ1v) is 11.2. The van der Waals surface area contributed by atoms with Gasteiger partial charge in [-0.1, -0.05) is 54.2 Å². The van der Waals surface area contributed by atoms with Crippen LogP contribution in [-0.2, 0) is 11.4 Å². The minimum Gasteiger partial charge on any atom is -0.494 e. The van der Waals surface area contributed by atoms with Gasteiger partial charge in [0.2, 0.25) is 11.1 Å². The van der Waals surface area contributed by atoms with Crippen molar-refractivity contribution >= 4 is 23.4 Å². The van der Waals surface area contributed by atoms with E-state index >= 15 is 0 Å². The quantitative estimate of drug-likeness (QED) is 0.370. The Bertz CT molecular complexity index is 1200. The van der Waals surface area contributed by atoms with E-state index in [0.29, 0.717) is 28.9 Å². The van der Waals surface area contributed by atoms with Crippen molar-refractivity contribution in [1.82, 2.24) is 20.2 Å². The fourth-order valence-electron chi connectivity index (χ4n) is 3.04. The molecule has 1 aromatic heterocycles. The van der Waals surface area contributed by atoms with Gasteiger partial charge in [0, 0.05) is 5.69 Å². The molecule has 0 aliphatic rings. The summed E-state index contributed by atoms with van der Waals surface area (Å²) in [5.74, 6) is 1.21. The van der Waals surface area contributed by atoms with Gasteiger partial charge in [0.1, 0.15) is 23.8 Å². The van der Waals surface area contributed by atoms with Gasteiger partial charge in [0.25, 0.3) is 0 Å². The Morgan fingerprint density at radius 2 is 1.76 bits per heavy atom.